The summed E-state index contributed by atoms with van der Waals surface area (Å²) >= 11 is 0. The van der Waals surface area contributed by atoms with E-state index in [4.69, 9.17) is 0 Å². The fourth-order valence-corrected chi connectivity index (χ4v) is 3.77. The Hall–Kier alpha value is -2.39. The van der Waals surface area contributed by atoms with E-state index in [1.54, 1.807) is 33.7 Å². The molecule has 0 aliphatic carbocycles. The average molecular weight is 377 g/mol. The first-order chi connectivity index (χ1) is 12.4. The zero-order chi connectivity index (χ0) is 18.7. The number of carbonyl (C=O) groups excluding carboxylic acids is 1. The van der Waals surface area contributed by atoms with Crippen LogP contribution in [0.4, 0.5) is 11.4 Å². The lowest BCUT2D eigenvalue weighted by Gasteiger charge is -2.29. The van der Waals surface area contributed by atoms with Gasteiger partial charge in [0.25, 0.3) is 10.0 Å². The van der Waals surface area contributed by atoms with Crippen molar-refractivity contribution in [1.82, 2.24) is 14.9 Å². The molecule has 0 spiro atoms. The monoisotopic (exact) mass is 377 g/mol. The number of carbonyl (C=O) groups is 1. The molecule has 2 heterocycles. The van der Waals surface area contributed by atoms with Gasteiger partial charge in [0.1, 0.15) is 0 Å². The van der Waals surface area contributed by atoms with Crippen LogP contribution >= 0.6 is 0 Å². The Bertz CT molecular complexity index is 893. The van der Waals surface area contributed by atoms with Crippen LogP contribution in [0.2, 0.25) is 0 Å². The number of anilines is 2. The first-order valence-corrected chi connectivity index (χ1v) is 10.1. The number of nitrogens with one attached hydrogen (secondary N) is 2. The van der Waals surface area contributed by atoms with Crippen LogP contribution in [0, 0.1) is 0 Å². The molecule has 140 valence electrons. The number of hydrogen-bond acceptors (Lipinski definition) is 5. The quantitative estimate of drug-likeness (QED) is 0.797. The highest BCUT2D eigenvalue weighted by atomic mass is 32.2. The number of aromatic nitrogens is 2. The van der Waals surface area contributed by atoms with Crippen LogP contribution in [0.5, 0.6) is 0 Å². The van der Waals surface area contributed by atoms with Crippen LogP contribution in [0.1, 0.15) is 26.3 Å². The van der Waals surface area contributed by atoms with Gasteiger partial charge in [-0.05, 0) is 25.5 Å². The maximum atomic E-state index is 12.7. The van der Waals surface area contributed by atoms with Crippen molar-refractivity contribution in [2.24, 2.45) is 0 Å². The van der Waals surface area contributed by atoms with Crippen LogP contribution in [0.3, 0.4) is 0 Å². The van der Waals surface area contributed by atoms with E-state index in [0.717, 1.165) is 6.42 Å². The summed E-state index contributed by atoms with van der Waals surface area (Å²) in [7, 11) is -3.85. The molecule has 0 saturated carbocycles. The molecule has 2 aromatic rings. The topological polar surface area (TPSA) is 96.3 Å². The second-order valence-corrected chi connectivity index (χ2v) is 7.89. The normalized spacial score (nSPS) is 16.5. The van der Waals surface area contributed by atoms with Gasteiger partial charge in [0, 0.05) is 25.3 Å². The van der Waals surface area contributed by atoms with Crippen molar-refractivity contribution in [3.05, 3.63) is 36.8 Å². The van der Waals surface area contributed by atoms with Gasteiger partial charge in [0.05, 0.1) is 24.2 Å². The number of para-hydroxylation sites is 2. The molecule has 1 unspecified atom stereocenters. The van der Waals surface area contributed by atoms with Gasteiger partial charge < -0.3 is 14.8 Å². The molecule has 1 atom stereocenters. The van der Waals surface area contributed by atoms with Crippen LogP contribution in [-0.2, 0) is 14.8 Å². The van der Waals surface area contributed by atoms with Gasteiger partial charge in [-0.2, -0.15) is 8.42 Å². The molecule has 3 rings (SSSR count). The number of piperazine rings is 1. The Kier molecular flexibility index (Phi) is 5.28. The van der Waals surface area contributed by atoms with E-state index in [1.807, 2.05) is 13.8 Å². The number of hydrogen-bond donors (Lipinski definition) is 2. The predicted molar refractivity (Wildman–Crippen MR) is 99.7 cm³/mol. The van der Waals surface area contributed by atoms with Crippen LogP contribution < -0.4 is 14.9 Å². The van der Waals surface area contributed by atoms with Gasteiger partial charge >= 0.3 is 0 Å². The summed E-state index contributed by atoms with van der Waals surface area (Å²) in [5.74, 6) is -0.0936. The second-order valence-electron chi connectivity index (χ2n) is 6.26. The van der Waals surface area contributed by atoms with E-state index < -0.39 is 10.0 Å². The maximum Gasteiger partial charge on any atom is 0.281 e. The molecular weight excluding hydrogens is 354 g/mol. The molecule has 2 N–H and O–H groups in total. The van der Waals surface area contributed by atoms with Crippen molar-refractivity contribution in [2.75, 3.05) is 29.3 Å². The molecule has 1 aliphatic rings. The Labute approximate surface area is 153 Å². The second kappa shape index (κ2) is 7.46. The number of imidazole rings is 1. The van der Waals surface area contributed by atoms with Crippen molar-refractivity contribution in [3.63, 3.8) is 0 Å². The highest BCUT2D eigenvalue weighted by Crippen LogP contribution is 2.28. The van der Waals surface area contributed by atoms with Crippen molar-refractivity contribution in [3.8, 4) is 0 Å². The van der Waals surface area contributed by atoms with E-state index in [0.29, 0.717) is 24.5 Å². The predicted octanol–water partition coefficient (Wildman–Crippen LogP) is 1.59. The first-order valence-electron chi connectivity index (χ1n) is 8.58. The molecular formula is C17H23N5O3S. The lowest BCUT2D eigenvalue weighted by atomic mass is 10.2. The number of rotatable bonds is 6. The largest absolute Gasteiger partial charge is 0.333 e. The molecule has 1 fully saturated rings. The third-order valence-electron chi connectivity index (χ3n) is 4.48. The summed E-state index contributed by atoms with van der Waals surface area (Å²) < 4.78 is 29.8. The fraction of sp³-hybridized carbons (Fsp3) is 0.412. The third kappa shape index (κ3) is 3.73. The summed E-state index contributed by atoms with van der Waals surface area (Å²) in [6.07, 6.45) is 3.92. The lowest BCUT2D eigenvalue weighted by molar-refractivity contribution is -0.118. The molecule has 0 bridgehead atoms. The van der Waals surface area contributed by atoms with Crippen molar-refractivity contribution in [1.29, 1.82) is 0 Å². The summed E-state index contributed by atoms with van der Waals surface area (Å²) in [5.41, 5.74) is 0.907. The number of nitrogens with zero attached hydrogens (tertiary/aromatic N) is 3. The SMILES string of the molecule is CCC(C)n1cnc(S(=O)(=O)Nc2ccccc2N2CCNCC2=O)c1. The number of sulfonamides is 1. The molecule has 9 heteroatoms. The van der Waals surface area contributed by atoms with Crippen molar-refractivity contribution >= 4 is 27.3 Å². The van der Waals surface area contributed by atoms with Gasteiger partial charge in [-0.15, -0.1) is 0 Å². The summed E-state index contributed by atoms with van der Waals surface area (Å²) in [6.45, 7) is 5.40. The highest BCUT2D eigenvalue weighted by molar-refractivity contribution is 7.92. The summed E-state index contributed by atoms with van der Waals surface area (Å²) in [5, 5.41) is 2.96. The third-order valence-corrected chi connectivity index (χ3v) is 5.73. The summed E-state index contributed by atoms with van der Waals surface area (Å²) in [6, 6.07) is 7.05. The lowest BCUT2D eigenvalue weighted by Crippen LogP contribution is -2.48. The van der Waals surface area contributed by atoms with Gasteiger partial charge in [-0.1, -0.05) is 19.1 Å². The Morgan fingerprint density at radius 2 is 2.12 bits per heavy atom. The van der Waals surface area contributed by atoms with E-state index >= 15 is 0 Å². The smallest absolute Gasteiger partial charge is 0.281 e. The van der Waals surface area contributed by atoms with Gasteiger partial charge in [0.15, 0.2) is 5.03 Å². The zero-order valence-corrected chi connectivity index (χ0v) is 15.7. The van der Waals surface area contributed by atoms with Gasteiger partial charge in [-0.25, -0.2) is 4.98 Å². The van der Waals surface area contributed by atoms with E-state index in [9.17, 15) is 13.2 Å². The molecule has 1 amide bonds. The Morgan fingerprint density at radius 1 is 1.35 bits per heavy atom. The number of amides is 1. The Balaban J connectivity index is 1.88. The van der Waals surface area contributed by atoms with Gasteiger partial charge in [-0.3, -0.25) is 9.52 Å². The molecule has 26 heavy (non-hydrogen) atoms. The minimum Gasteiger partial charge on any atom is -0.333 e. The molecule has 0 radical (unpaired) electrons. The summed E-state index contributed by atoms with van der Waals surface area (Å²) in [4.78, 5) is 17.8. The average Bonchev–Trinajstić information content (AvgIpc) is 3.13. The van der Waals surface area contributed by atoms with Crippen LogP contribution in [0.25, 0.3) is 0 Å². The number of benzene rings is 1. The van der Waals surface area contributed by atoms with Crippen LogP contribution in [-0.4, -0.2) is 43.5 Å². The minimum atomic E-state index is -3.85. The highest BCUT2D eigenvalue weighted by Gasteiger charge is 2.25. The van der Waals surface area contributed by atoms with Gasteiger partial charge in [0.2, 0.25) is 5.91 Å². The molecule has 8 nitrogen and oxygen atoms in total. The van der Waals surface area contributed by atoms with E-state index in [2.05, 4.69) is 15.0 Å². The Morgan fingerprint density at radius 3 is 2.85 bits per heavy atom. The van der Waals surface area contributed by atoms with E-state index in [1.165, 1.54) is 12.5 Å². The van der Waals surface area contributed by atoms with Crippen molar-refractivity contribution < 1.29 is 13.2 Å². The minimum absolute atomic E-state index is 0.0424. The first kappa shape index (κ1) is 18.4. The molecule has 1 aromatic carbocycles. The molecule has 1 aliphatic heterocycles. The zero-order valence-electron chi connectivity index (χ0n) is 14.8. The van der Waals surface area contributed by atoms with Crippen LogP contribution in [0.15, 0.2) is 41.8 Å². The fourth-order valence-electron chi connectivity index (χ4n) is 2.76. The molecule has 1 aromatic heterocycles. The van der Waals surface area contributed by atoms with Crippen molar-refractivity contribution in [2.45, 2.75) is 31.3 Å². The standard InChI is InChI=1S/C17H23N5O3S/c1-3-13(2)21-11-16(19-12-21)26(24,25)20-14-6-4-5-7-15(14)22-9-8-18-10-17(22)23/h4-7,11-13,18,20H,3,8-10H2,1-2H3. The maximum absolute atomic E-state index is 12.7. The molecule has 1 saturated heterocycles. The van der Waals surface area contributed by atoms with E-state index in [-0.39, 0.29) is 23.5 Å².